The fourth-order valence-electron chi connectivity index (χ4n) is 4.60. The number of hydrogen-bond donors (Lipinski definition) is 2. The lowest BCUT2D eigenvalue weighted by atomic mass is 9.90. The van der Waals surface area contributed by atoms with Crippen molar-refractivity contribution in [2.45, 2.75) is 44.8 Å². The van der Waals surface area contributed by atoms with Crippen LogP contribution in [0.1, 0.15) is 51.5 Å². The van der Waals surface area contributed by atoms with Crippen molar-refractivity contribution < 1.29 is 27.8 Å². The van der Waals surface area contributed by atoms with Gasteiger partial charge in [0.25, 0.3) is 0 Å². The first-order valence-corrected chi connectivity index (χ1v) is 11.5. The number of carbonyl (C=O) groups is 1. The van der Waals surface area contributed by atoms with E-state index >= 15 is 0 Å². The zero-order valence-corrected chi connectivity index (χ0v) is 19.4. The summed E-state index contributed by atoms with van der Waals surface area (Å²) in [5, 5.41) is 13.0. The standard InChI is InChI=1S/C27H27F3N2O3/c1-17-13-21(35-16-27(28,29)30)6-8-22(17)19-4-7-23-18(14-19)3-2-11-32-25(23)9-5-20-15-31-12-10-24(20)26(33)34/h4,6-8,10,12-15,25,32H,2-3,5,9,11,16H2,1H3,(H,33,34)/t25-/m0/s1. The summed E-state index contributed by atoms with van der Waals surface area (Å²) in [6, 6.07) is 12.9. The van der Waals surface area contributed by atoms with Gasteiger partial charge in [-0.15, -0.1) is 0 Å². The molecule has 1 aliphatic heterocycles. The van der Waals surface area contributed by atoms with Gasteiger partial charge in [-0.2, -0.15) is 13.2 Å². The smallest absolute Gasteiger partial charge is 0.422 e. The number of pyridine rings is 1. The second kappa shape index (κ2) is 10.5. The summed E-state index contributed by atoms with van der Waals surface area (Å²) in [5.74, 6) is -0.759. The Balaban J connectivity index is 1.54. The number of aromatic nitrogens is 1. The number of rotatable bonds is 7. The zero-order chi connectivity index (χ0) is 25.0. The van der Waals surface area contributed by atoms with Crippen molar-refractivity contribution >= 4 is 5.97 Å². The van der Waals surface area contributed by atoms with Crippen LogP contribution in [0.4, 0.5) is 13.2 Å². The van der Waals surface area contributed by atoms with Crippen molar-refractivity contribution in [3.8, 4) is 16.9 Å². The number of halogens is 3. The zero-order valence-electron chi connectivity index (χ0n) is 19.4. The SMILES string of the molecule is Cc1cc(OCC(F)(F)F)ccc1-c1ccc2c(c1)CCCN[C@H]2CCc1cnccc1C(=O)O. The first kappa shape index (κ1) is 24.7. The molecule has 5 nitrogen and oxygen atoms in total. The molecule has 0 radical (unpaired) electrons. The first-order valence-electron chi connectivity index (χ1n) is 11.5. The Morgan fingerprint density at radius 2 is 2.03 bits per heavy atom. The highest BCUT2D eigenvalue weighted by molar-refractivity contribution is 5.89. The number of carboxylic acid groups (broad SMARTS) is 1. The average molecular weight is 485 g/mol. The Morgan fingerprint density at radius 1 is 1.20 bits per heavy atom. The minimum atomic E-state index is -4.37. The van der Waals surface area contributed by atoms with Gasteiger partial charge in [0.05, 0.1) is 5.56 Å². The summed E-state index contributed by atoms with van der Waals surface area (Å²) in [4.78, 5) is 15.6. The van der Waals surface area contributed by atoms with E-state index in [9.17, 15) is 23.1 Å². The lowest BCUT2D eigenvalue weighted by molar-refractivity contribution is -0.153. The lowest BCUT2D eigenvalue weighted by Gasteiger charge is -2.20. The predicted octanol–water partition coefficient (Wildman–Crippen LogP) is 5.91. The van der Waals surface area contributed by atoms with Crippen molar-refractivity contribution in [2.24, 2.45) is 0 Å². The molecule has 1 aromatic heterocycles. The van der Waals surface area contributed by atoms with Crippen molar-refractivity contribution in [1.29, 1.82) is 0 Å². The van der Waals surface area contributed by atoms with Gasteiger partial charge in [-0.3, -0.25) is 4.98 Å². The van der Waals surface area contributed by atoms with Crippen molar-refractivity contribution in [3.05, 3.63) is 82.7 Å². The maximum Gasteiger partial charge on any atom is 0.422 e. The number of hydrogen-bond acceptors (Lipinski definition) is 4. The molecule has 8 heteroatoms. The largest absolute Gasteiger partial charge is 0.484 e. The van der Waals surface area contributed by atoms with Crippen LogP contribution >= 0.6 is 0 Å². The van der Waals surface area contributed by atoms with Crippen LogP contribution in [0.5, 0.6) is 5.75 Å². The highest BCUT2D eigenvalue weighted by Gasteiger charge is 2.28. The summed E-state index contributed by atoms with van der Waals surface area (Å²) in [5.41, 5.74) is 6.20. The molecule has 0 spiro atoms. The predicted molar refractivity (Wildman–Crippen MR) is 127 cm³/mol. The van der Waals surface area contributed by atoms with Gasteiger partial charge in [-0.1, -0.05) is 24.3 Å². The maximum absolute atomic E-state index is 12.5. The molecule has 0 saturated heterocycles. The van der Waals surface area contributed by atoms with E-state index < -0.39 is 18.8 Å². The van der Waals surface area contributed by atoms with E-state index in [4.69, 9.17) is 4.74 Å². The normalized spacial score (nSPS) is 15.8. The third-order valence-corrected chi connectivity index (χ3v) is 6.28. The molecular weight excluding hydrogens is 457 g/mol. The average Bonchev–Trinajstić information content (AvgIpc) is 3.02. The molecule has 0 bridgehead atoms. The molecule has 2 aromatic carbocycles. The van der Waals surface area contributed by atoms with Crippen LogP contribution in [0.3, 0.4) is 0 Å². The van der Waals surface area contributed by atoms with Crippen LogP contribution in [0.15, 0.2) is 54.9 Å². The van der Waals surface area contributed by atoms with Gasteiger partial charge in [0.1, 0.15) is 5.75 Å². The van der Waals surface area contributed by atoms with E-state index in [-0.39, 0.29) is 17.4 Å². The minimum absolute atomic E-state index is 0.0858. The number of nitrogens with one attached hydrogen (secondary N) is 1. The second-order valence-electron chi connectivity index (χ2n) is 8.78. The number of ether oxygens (including phenoxy) is 1. The number of aromatic carboxylic acids is 1. The van der Waals surface area contributed by atoms with Crippen LogP contribution in [-0.4, -0.2) is 35.4 Å². The Labute approximate surface area is 202 Å². The van der Waals surface area contributed by atoms with Crippen LogP contribution in [0.25, 0.3) is 11.1 Å². The molecular formula is C27H27F3N2O3. The summed E-state index contributed by atoms with van der Waals surface area (Å²) < 4.78 is 42.3. The Morgan fingerprint density at radius 3 is 2.77 bits per heavy atom. The number of alkyl halides is 3. The van der Waals surface area contributed by atoms with Gasteiger partial charge in [0, 0.05) is 18.4 Å². The van der Waals surface area contributed by atoms with Gasteiger partial charge < -0.3 is 15.2 Å². The van der Waals surface area contributed by atoms with Crippen LogP contribution < -0.4 is 10.1 Å². The Kier molecular flexibility index (Phi) is 7.40. The van der Waals surface area contributed by atoms with Crippen LogP contribution in [0, 0.1) is 6.92 Å². The van der Waals surface area contributed by atoms with E-state index in [0.717, 1.165) is 42.5 Å². The molecule has 2 N–H and O–H groups in total. The van der Waals surface area contributed by atoms with Gasteiger partial charge in [-0.05, 0) is 90.7 Å². The molecule has 35 heavy (non-hydrogen) atoms. The lowest BCUT2D eigenvalue weighted by Crippen LogP contribution is -2.22. The quantitative estimate of drug-likeness (QED) is 0.437. The van der Waals surface area contributed by atoms with E-state index in [0.29, 0.717) is 12.0 Å². The van der Waals surface area contributed by atoms with Gasteiger partial charge >= 0.3 is 12.1 Å². The molecule has 2 heterocycles. The van der Waals surface area contributed by atoms with Crippen molar-refractivity contribution in [1.82, 2.24) is 10.3 Å². The van der Waals surface area contributed by atoms with Gasteiger partial charge in [-0.25, -0.2) is 4.79 Å². The van der Waals surface area contributed by atoms with Crippen LogP contribution in [-0.2, 0) is 12.8 Å². The molecule has 0 unspecified atom stereocenters. The number of fused-ring (bicyclic) bond motifs is 1. The number of nitrogens with zero attached hydrogens (tertiary/aromatic N) is 1. The fourth-order valence-corrected chi connectivity index (χ4v) is 4.60. The van der Waals surface area contributed by atoms with Crippen LogP contribution in [0.2, 0.25) is 0 Å². The van der Waals surface area contributed by atoms with Gasteiger partial charge in [0.15, 0.2) is 6.61 Å². The molecule has 0 fully saturated rings. The third kappa shape index (κ3) is 6.19. The monoisotopic (exact) mass is 484 g/mol. The van der Waals surface area contributed by atoms with E-state index in [1.54, 1.807) is 24.4 Å². The summed E-state index contributed by atoms with van der Waals surface area (Å²) in [7, 11) is 0. The minimum Gasteiger partial charge on any atom is -0.484 e. The Bertz CT molecular complexity index is 1210. The van der Waals surface area contributed by atoms with Crippen molar-refractivity contribution in [3.63, 3.8) is 0 Å². The number of carboxylic acids is 1. The maximum atomic E-state index is 12.5. The fraction of sp³-hybridized carbons (Fsp3) is 0.333. The molecule has 1 atom stereocenters. The third-order valence-electron chi connectivity index (χ3n) is 6.28. The molecule has 184 valence electrons. The van der Waals surface area contributed by atoms with Crippen molar-refractivity contribution in [2.75, 3.05) is 13.2 Å². The molecule has 0 aliphatic carbocycles. The first-order chi connectivity index (χ1) is 16.7. The van der Waals surface area contributed by atoms with Gasteiger partial charge in [0.2, 0.25) is 0 Å². The highest BCUT2D eigenvalue weighted by atomic mass is 19.4. The summed E-state index contributed by atoms with van der Waals surface area (Å²) >= 11 is 0. The molecule has 3 aromatic rings. The number of benzene rings is 2. The summed E-state index contributed by atoms with van der Waals surface area (Å²) in [6.07, 6.45) is 1.95. The molecule has 0 amide bonds. The molecule has 4 rings (SSSR count). The van der Waals surface area contributed by atoms with E-state index in [1.165, 1.54) is 23.4 Å². The summed E-state index contributed by atoms with van der Waals surface area (Å²) in [6.45, 7) is 1.41. The van der Waals surface area contributed by atoms with E-state index in [1.807, 2.05) is 13.0 Å². The Hall–Kier alpha value is -3.39. The molecule has 1 aliphatic rings. The van der Waals surface area contributed by atoms with E-state index in [2.05, 4.69) is 22.4 Å². The second-order valence-corrected chi connectivity index (χ2v) is 8.78. The highest BCUT2D eigenvalue weighted by Crippen LogP contribution is 2.33. The molecule has 0 saturated carbocycles. The topological polar surface area (TPSA) is 71.5 Å². The number of aryl methyl sites for hydroxylation is 3.